The van der Waals surface area contributed by atoms with Crippen molar-refractivity contribution >= 4 is 39.8 Å². The molecule has 1 heterocycles. The highest BCUT2D eigenvalue weighted by Gasteiger charge is 2.34. The van der Waals surface area contributed by atoms with Crippen molar-refractivity contribution < 1.29 is 18.4 Å². The van der Waals surface area contributed by atoms with Gasteiger partial charge in [-0.05, 0) is 24.0 Å². The van der Waals surface area contributed by atoms with Crippen molar-refractivity contribution in [1.82, 2.24) is 4.98 Å². The number of hydrogen-bond acceptors (Lipinski definition) is 4. The van der Waals surface area contributed by atoms with Crippen LogP contribution in [0.2, 0.25) is 5.02 Å². The number of anilines is 1. The Morgan fingerprint density at radius 1 is 1.29 bits per heavy atom. The Balaban J connectivity index is 1.87. The monoisotopic (exact) mass is 370 g/mol. The zero-order valence-corrected chi connectivity index (χ0v) is 14.4. The van der Waals surface area contributed by atoms with Crippen molar-refractivity contribution in [2.24, 2.45) is 5.41 Å². The molecule has 0 spiro atoms. The SMILES string of the molecule is CC1(C)CC(=O)c2sc(NC(=O)c3cc(F)c(F)cc3Cl)nc2C1. The molecule has 1 aromatic carbocycles. The molecule has 0 saturated carbocycles. The van der Waals surface area contributed by atoms with Crippen molar-refractivity contribution in [2.75, 3.05) is 5.32 Å². The number of rotatable bonds is 2. The van der Waals surface area contributed by atoms with Crippen LogP contribution >= 0.6 is 22.9 Å². The lowest BCUT2D eigenvalue weighted by atomic mass is 9.78. The Kier molecular flexibility index (Phi) is 4.17. The molecule has 0 fully saturated rings. The van der Waals surface area contributed by atoms with E-state index in [0.29, 0.717) is 23.4 Å². The minimum atomic E-state index is -1.17. The Hall–Kier alpha value is -1.86. The second-order valence-corrected chi connectivity index (χ2v) is 7.84. The molecular formula is C16H13ClF2N2O2S. The Labute approximate surface area is 145 Å². The van der Waals surface area contributed by atoms with Gasteiger partial charge in [0.05, 0.1) is 21.2 Å². The van der Waals surface area contributed by atoms with Gasteiger partial charge in [0.2, 0.25) is 0 Å². The zero-order valence-electron chi connectivity index (χ0n) is 12.9. The number of hydrogen-bond donors (Lipinski definition) is 1. The van der Waals surface area contributed by atoms with Crippen LogP contribution in [-0.2, 0) is 6.42 Å². The van der Waals surface area contributed by atoms with Gasteiger partial charge in [0.25, 0.3) is 5.91 Å². The summed E-state index contributed by atoms with van der Waals surface area (Å²) in [6.45, 7) is 3.96. The number of fused-ring (bicyclic) bond motifs is 1. The first-order valence-electron chi connectivity index (χ1n) is 7.15. The number of halogens is 3. The predicted molar refractivity (Wildman–Crippen MR) is 87.9 cm³/mol. The minimum Gasteiger partial charge on any atom is -0.298 e. The highest BCUT2D eigenvalue weighted by Crippen LogP contribution is 2.38. The number of carbonyl (C=O) groups is 2. The Morgan fingerprint density at radius 2 is 1.96 bits per heavy atom. The van der Waals surface area contributed by atoms with Crippen LogP contribution in [0.4, 0.5) is 13.9 Å². The zero-order chi connectivity index (χ0) is 17.6. The van der Waals surface area contributed by atoms with Crippen LogP contribution in [0.5, 0.6) is 0 Å². The summed E-state index contributed by atoms with van der Waals surface area (Å²) >= 11 is 6.86. The number of nitrogens with one attached hydrogen (secondary N) is 1. The summed E-state index contributed by atoms with van der Waals surface area (Å²) in [5, 5.41) is 2.52. The third-order valence-electron chi connectivity index (χ3n) is 3.71. The fraction of sp³-hybridized carbons (Fsp3) is 0.312. The second kappa shape index (κ2) is 5.89. The van der Waals surface area contributed by atoms with Crippen LogP contribution in [0, 0.1) is 17.0 Å². The molecule has 1 aliphatic rings. The fourth-order valence-corrected chi connectivity index (χ4v) is 3.79. The molecule has 8 heteroatoms. The number of nitrogens with zero attached hydrogens (tertiary/aromatic N) is 1. The maximum absolute atomic E-state index is 13.3. The van der Waals surface area contributed by atoms with Crippen LogP contribution in [-0.4, -0.2) is 16.7 Å². The number of carbonyl (C=O) groups excluding carboxylic acids is 2. The number of benzene rings is 1. The molecule has 1 aromatic heterocycles. The van der Waals surface area contributed by atoms with Gasteiger partial charge in [-0.2, -0.15) is 0 Å². The molecule has 0 radical (unpaired) electrons. The van der Waals surface area contributed by atoms with Gasteiger partial charge in [-0.15, -0.1) is 0 Å². The van der Waals surface area contributed by atoms with E-state index in [2.05, 4.69) is 10.3 Å². The minimum absolute atomic E-state index is 0.00916. The molecule has 1 aliphatic carbocycles. The molecule has 1 N–H and O–H groups in total. The van der Waals surface area contributed by atoms with Gasteiger partial charge < -0.3 is 0 Å². The molecule has 0 unspecified atom stereocenters. The third-order valence-corrected chi connectivity index (χ3v) is 5.08. The van der Waals surface area contributed by atoms with Crippen LogP contribution in [0.1, 0.15) is 46.0 Å². The average Bonchev–Trinajstić information content (AvgIpc) is 2.83. The van der Waals surface area contributed by atoms with Gasteiger partial charge >= 0.3 is 0 Å². The summed E-state index contributed by atoms with van der Waals surface area (Å²) < 4.78 is 26.4. The van der Waals surface area contributed by atoms with Crippen molar-refractivity contribution in [3.8, 4) is 0 Å². The number of amides is 1. The van der Waals surface area contributed by atoms with Gasteiger partial charge in [-0.3, -0.25) is 14.9 Å². The van der Waals surface area contributed by atoms with Crippen molar-refractivity contribution in [2.45, 2.75) is 26.7 Å². The molecule has 4 nitrogen and oxygen atoms in total. The molecule has 2 aromatic rings. The lowest BCUT2D eigenvalue weighted by Crippen LogP contribution is -2.26. The molecule has 3 rings (SSSR count). The maximum atomic E-state index is 13.3. The highest BCUT2D eigenvalue weighted by atomic mass is 35.5. The summed E-state index contributed by atoms with van der Waals surface area (Å²) in [5.41, 5.74) is 0.270. The average molecular weight is 371 g/mol. The molecule has 0 bridgehead atoms. The first-order valence-corrected chi connectivity index (χ1v) is 8.34. The van der Waals surface area contributed by atoms with Gasteiger partial charge in [0, 0.05) is 6.42 Å². The smallest absolute Gasteiger partial charge is 0.259 e. The van der Waals surface area contributed by atoms with E-state index in [4.69, 9.17) is 11.6 Å². The van der Waals surface area contributed by atoms with Crippen LogP contribution in [0.25, 0.3) is 0 Å². The first-order chi connectivity index (χ1) is 11.2. The standard InChI is InChI=1S/C16H13ClF2N2O2S/c1-16(2)5-11-13(12(22)6-16)24-15(20-11)21-14(23)7-3-9(18)10(19)4-8(7)17/h3-4H,5-6H2,1-2H3,(H,20,21,23). The van der Waals surface area contributed by atoms with Gasteiger partial charge in [0.15, 0.2) is 22.5 Å². The van der Waals surface area contributed by atoms with Gasteiger partial charge in [-0.1, -0.05) is 36.8 Å². The van der Waals surface area contributed by atoms with Crippen molar-refractivity contribution in [3.05, 3.63) is 44.9 Å². The lowest BCUT2D eigenvalue weighted by Gasteiger charge is -2.26. The topological polar surface area (TPSA) is 59.1 Å². The molecule has 0 aliphatic heterocycles. The third kappa shape index (κ3) is 3.18. The van der Waals surface area contributed by atoms with E-state index in [1.54, 1.807) is 0 Å². The van der Waals surface area contributed by atoms with Gasteiger partial charge in [-0.25, -0.2) is 13.8 Å². The number of ketones is 1. The van der Waals surface area contributed by atoms with E-state index in [-0.39, 0.29) is 26.9 Å². The summed E-state index contributed by atoms with van der Waals surface area (Å²) in [5.74, 6) is -3.02. The van der Waals surface area contributed by atoms with Crippen LogP contribution in [0.15, 0.2) is 12.1 Å². The maximum Gasteiger partial charge on any atom is 0.259 e. The number of Topliss-reactive ketones (excluding diaryl/α,β-unsaturated/α-hetero) is 1. The molecule has 0 atom stereocenters. The summed E-state index contributed by atoms with van der Waals surface area (Å²) in [7, 11) is 0. The lowest BCUT2D eigenvalue weighted by molar-refractivity contribution is 0.0915. The van der Waals surface area contributed by atoms with E-state index in [9.17, 15) is 18.4 Å². The van der Waals surface area contributed by atoms with E-state index in [1.165, 1.54) is 0 Å². The second-order valence-electron chi connectivity index (χ2n) is 6.44. The summed E-state index contributed by atoms with van der Waals surface area (Å²) in [6, 6.07) is 1.47. The van der Waals surface area contributed by atoms with Crippen LogP contribution < -0.4 is 5.32 Å². The van der Waals surface area contributed by atoms with E-state index in [0.717, 1.165) is 23.5 Å². The molecule has 1 amide bonds. The Morgan fingerprint density at radius 3 is 2.67 bits per heavy atom. The fourth-order valence-electron chi connectivity index (χ4n) is 2.63. The molecular weight excluding hydrogens is 358 g/mol. The van der Waals surface area contributed by atoms with E-state index >= 15 is 0 Å². The highest BCUT2D eigenvalue weighted by molar-refractivity contribution is 7.17. The quantitative estimate of drug-likeness (QED) is 0.793. The van der Waals surface area contributed by atoms with Crippen LogP contribution in [0.3, 0.4) is 0 Å². The molecule has 126 valence electrons. The Bertz CT molecular complexity index is 864. The van der Waals surface area contributed by atoms with Gasteiger partial charge in [0.1, 0.15) is 0 Å². The number of thiazole rings is 1. The van der Waals surface area contributed by atoms with E-state index < -0.39 is 17.5 Å². The number of aromatic nitrogens is 1. The predicted octanol–water partition coefficient (Wildman–Crippen LogP) is 4.48. The van der Waals surface area contributed by atoms with Crippen molar-refractivity contribution in [1.29, 1.82) is 0 Å². The summed E-state index contributed by atoms with van der Waals surface area (Å²) in [4.78, 5) is 29.2. The normalized spacial score (nSPS) is 16.0. The molecule has 0 saturated heterocycles. The van der Waals surface area contributed by atoms with E-state index in [1.807, 2.05) is 13.8 Å². The largest absolute Gasteiger partial charge is 0.298 e. The summed E-state index contributed by atoms with van der Waals surface area (Å²) in [6.07, 6.45) is 1.05. The van der Waals surface area contributed by atoms with Crippen molar-refractivity contribution in [3.63, 3.8) is 0 Å². The first kappa shape index (κ1) is 17.0. The molecule has 24 heavy (non-hydrogen) atoms.